The number of carbonyl (C=O) groups is 3. The molecule has 0 aromatic heterocycles. The van der Waals surface area contributed by atoms with Gasteiger partial charge in [-0.3, -0.25) is 14.4 Å². The predicted molar refractivity (Wildman–Crippen MR) is 91.3 cm³/mol. The molecule has 0 spiro atoms. The summed E-state index contributed by atoms with van der Waals surface area (Å²) in [5.74, 6) is 2.64. The quantitative estimate of drug-likeness (QED) is 0.730. The molecule has 3 heteroatoms. The smallest absolute Gasteiger partial charge is 0.137 e. The van der Waals surface area contributed by atoms with Gasteiger partial charge in [0.1, 0.15) is 17.3 Å². The number of carbonyl (C=O) groups excluding carboxylic acids is 3. The Balaban J connectivity index is 1.68. The molecule has 0 bridgehead atoms. The first-order valence-electron chi connectivity index (χ1n) is 9.82. The van der Waals surface area contributed by atoms with Crippen molar-refractivity contribution in [1.29, 1.82) is 0 Å². The fourth-order valence-electron chi connectivity index (χ4n) is 7.50. The molecule has 0 heterocycles. The molecule has 4 aliphatic rings. The number of ketones is 3. The maximum Gasteiger partial charge on any atom is 0.137 e. The van der Waals surface area contributed by atoms with Crippen LogP contribution in [0.1, 0.15) is 72.1 Å². The molecule has 0 unspecified atom stereocenters. The van der Waals surface area contributed by atoms with Gasteiger partial charge in [0.25, 0.3) is 0 Å². The average Bonchev–Trinajstić information content (AvgIpc) is 2.87. The van der Waals surface area contributed by atoms with Gasteiger partial charge in [-0.25, -0.2) is 0 Å². The first-order chi connectivity index (χ1) is 11.3. The lowest BCUT2D eigenvalue weighted by molar-refractivity contribution is -0.159. The molecule has 0 amide bonds. The van der Waals surface area contributed by atoms with Gasteiger partial charge in [-0.05, 0) is 67.6 Å². The van der Waals surface area contributed by atoms with Crippen molar-refractivity contribution >= 4 is 17.3 Å². The Labute approximate surface area is 144 Å². The van der Waals surface area contributed by atoms with Crippen LogP contribution in [-0.2, 0) is 14.4 Å². The van der Waals surface area contributed by atoms with Gasteiger partial charge in [0.05, 0.1) is 0 Å². The summed E-state index contributed by atoms with van der Waals surface area (Å²) in [4.78, 5) is 37.0. The van der Waals surface area contributed by atoms with E-state index in [1.807, 2.05) is 0 Å². The molecule has 0 radical (unpaired) electrons. The molecule has 3 nitrogen and oxygen atoms in total. The second kappa shape index (κ2) is 5.25. The van der Waals surface area contributed by atoms with Crippen LogP contribution in [0.4, 0.5) is 0 Å². The molecule has 0 aliphatic heterocycles. The summed E-state index contributed by atoms with van der Waals surface area (Å²) < 4.78 is 0. The minimum absolute atomic E-state index is 0.0174. The number of rotatable bonds is 1. The first-order valence-corrected chi connectivity index (χ1v) is 9.82. The standard InChI is InChI=1S/C21H30O3/c1-12(22)15-4-5-16-14-11-19(24)18-10-13(23)6-8-21(18,3)17(14)7-9-20(15,16)2/h14-18H,4-11H2,1-3H3/t14-,15-,16+,17+,18+,20+,21+/m0/s1. The first kappa shape index (κ1) is 16.5. The molecule has 0 aromatic rings. The van der Waals surface area contributed by atoms with Crippen LogP contribution in [0.5, 0.6) is 0 Å². The van der Waals surface area contributed by atoms with Crippen LogP contribution in [-0.4, -0.2) is 17.3 Å². The van der Waals surface area contributed by atoms with E-state index < -0.39 is 0 Å². The van der Waals surface area contributed by atoms with Gasteiger partial charge in [0.15, 0.2) is 0 Å². The van der Waals surface area contributed by atoms with Crippen LogP contribution in [0.2, 0.25) is 0 Å². The average molecular weight is 330 g/mol. The van der Waals surface area contributed by atoms with Crippen molar-refractivity contribution in [2.24, 2.45) is 40.4 Å². The maximum absolute atomic E-state index is 12.9. The van der Waals surface area contributed by atoms with Crippen molar-refractivity contribution in [3.8, 4) is 0 Å². The predicted octanol–water partition coefficient (Wildman–Crippen LogP) is 3.98. The van der Waals surface area contributed by atoms with Gasteiger partial charge in [-0.2, -0.15) is 0 Å². The van der Waals surface area contributed by atoms with E-state index in [0.29, 0.717) is 48.6 Å². The summed E-state index contributed by atoms with van der Waals surface area (Å²) in [5.41, 5.74) is 0.116. The Kier molecular flexibility index (Phi) is 3.61. The fourth-order valence-corrected chi connectivity index (χ4v) is 7.50. The van der Waals surface area contributed by atoms with Crippen LogP contribution in [0.3, 0.4) is 0 Å². The molecular weight excluding hydrogens is 300 g/mol. The molecule has 7 atom stereocenters. The zero-order valence-corrected chi connectivity index (χ0v) is 15.3. The maximum atomic E-state index is 12.9. The topological polar surface area (TPSA) is 51.2 Å². The van der Waals surface area contributed by atoms with Gasteiger partial charge >= 0.3 is 0 Å². The minimum Gasteiger partial charge on any atom is -0.300 e. The summed E-state index contributed by atoms with van der Waals surface area (Å²) >= 11 is 0. The van der Waals surface area contributed by atoms with E-state index in [-0.39, 0.29) is 28.4 Å². The number of hydrogen-bond donors (Lipinski definition) is 0. The van der Waals surface area contributed by atoms with Crippen molar-refractivity contribution in [3.63, 3.8) is 0 Å². The fraction of sp³-hybridized carbons (Fsp3) is 0.857. The van der Waals surface area contributed by atoms with E-state index >= 15 is 0 Å². The highest BCUT2D eigenvalue weighted by molar-refractivity contribution is 5.91. The summed E-state index contributed by atoms with van der Waals surface area (Å²) in [5, 5.41) is 0. The highest BCUT2D eigenvalue weighted by Crippen LogP contribution is 2.66. The SMILES string of the molecule is CC(=O)[C@@H]1CC[C@@H]2[C@@H]3CC(=O)[C@H]4CC(=O)CC[C@]4(C)[C@@H]3CC[C@@]21C. The number of fused-ring (bicyclic) bond motifs is 5. The molecule has 24 heavy (non-hydrogen) atoms. The van der Waals surface area contributed by atoms with Crippen molar-refractivity contribution in [3.05, 3.63) is 0 Å². The summed E-state index contributed by atoms with van der Waals surface area (Å²) in [6.07, 6.45) is 7.05. The van der Waals surface area contributed by atoms with E-state index in [1.54, 1.807) is 6.92 Å². The van der Waals surface area contributed by atoms with Crippen LogP contribution >= 0.6 is 0 Å². The highest BCUT2D eigenvalue weighted by atomic mass is 16.1. The van der Waals surface area contributed by atoms with Crippen molar-refractivity contribution in [1.82, 2.24) is 0 Å². The Morgan fingerprint density at radius 2 is 1.67 bits per heavy atom. The largest absolute Gasteiger partial charge is 0.300 e. The summed E-state index contributed by atoms with van der Waals surface area (Å²) in [6.45, 7) is 6.36. The molecule has 4 rings (SSSR count). The van der Waals surface area contributed by atoms with Crippen LogP contribution in [0.15, 0.2) is 0 Å². The normalized spacial score (nSPS) is 50.9. The Hall–Kier alpha value is -0.990. The number of hydrogen-bond acceptors (Lipinski definition) is 3. The van der Waals surface area contributed by atoms with E-state index in [2.05, 4.69) is 13.8 Å². The highest BCUT2D eigenvalue weighted by Gasteiger charge is 2.62. The lowest BCUT2D eigenvalue weighted by atomic mass is 9.44. The van der Waals surface area contributed by atoms with Gasteiger partial charge in [-0.15, -0.1) is 0 Å². The lowest BCUT2D eigenvalue weighted by Gasteiger charge is -2.59. The van der Waals surface area contributed by atoms with Crippen LogP contribution in [0, 0.1) is 40.4 Å². The molecule has 0 aromatic carbocycles. The molecule has 4 fully saturated rings. The zero-order chi connectivity index (χ0) is 17.3. The van der Waals surface area contributed by atoms with Crippen molar-refractivity contribution < 1.29 is 14.4 Å². The van der Waals surface area contributed by atoms with Crippen molar-refractivity contribution in [2.45, 2.75) is 72.1 Å². The number of Topliss-reactive ketones (excluding diaryl/α,β-unsaturated/α-hetero) is 3. The summed E-state index contributed by atoms with van der Waals surface area (Å²) in [7, 11) is 0. The van der Waals surface area contributed by atoms with Gasteiger partial charge in [-0.1, -0.05) is 13.8 Å². The molecule has 132 valence electrons. The molecule has 4 saturated carbocycles. The van der Waals surface area contributed by atoms with E-state index in [1.165, 1.54) is 0 Å². The minimum atomic E-state index is -0.0330. The zero-order valence-electron chi connectivity index (χ0n) is 15.3. The second-order valence-electron chi connectivity index (χ2n) is 9.63. The van der Waals surface area contributed by atoms with Crippen LogP contribution in [0.25, 0.3) is 0 Å². The Morgan fingerprint density at radius 1 is 0.958 bits per heavy atom. The summed E-state index contributed by atoms with van der Waals surface area (Å²) in [6, 6.07) is 0. The molecule has 4 aliphatic carbocycles. The molecular formula is C21H30O3. The van der Waals surface area contributed by atoms with E-state index in [0.717, 1.165) is 32.1 Å². The van der Waals surface area contributed by atoms with E-state index in [9.17, 15) is 14.4 Å². The molecule has 0 saturated heterocycles. The Bertz CT molecular complexity index is 608. The van der Waals surface area contributed by atoms with Gasteiger partial charge in [0.2, 0.25) is 0 Å². The molecule has 0 N–H and O–H groups in total. The van der Waals surface area contributed by atoms with Crippen molar-refractivity contribution in [2.75, 3.05) is 0 Å². The monoisotopic (exact) mass is 330 g/mol. The second-order valence-corrected chi connectivity index (χ2v) is 9.63. The Morgan fingerprint density at radius 3 is 2.38 bits per heavy atom. The van der Waals surface area contributed by atoms with E-state index in [4.69, 9.17) is 0 Å². The van der Waals surface area contributed by atoms with Gasteiger partial charge in [0, 0.05) is 31.1 Å². The third kappa shape index (κ3) is 2.05. The van der Waals surface area contributed by atoms with Crippen LogP contribution < -0.4 is 0 Å². The van der Waals surface area contributed by atoms with Gasteiger partial charge < -0.3 is 0 Å². The third-order valence-electron chi connectivity index (χ3n) is 8.77. The lowest BCUT2D eigenvalue weighted by Crippen LogP contribution is -2.56. The third-order valence-corrected chi connectivity index (χ3v) is 8.77.